The van der Waals surface area contributed by atoms with Crippen molar-refractivity contribution < 1.29 is 64.6 Å². The third-order valence-corrected chi connectivity index (χ3v) is 12.3. The van der Waals surface area contributed by atoms with E-state index in [0.717, 1.165) is 51.4 Å². The van der Waals surface area contributed by atoms with Crippen LogP contribution in [-0.4, -0.2) is 140 Å². The average Bonchev–Trinajstić information content (AvgIpc) is 3.24. The molecule has 14 nitrogen and oxygen atoms in total. The van der Waals surface area contributed by atoms with E-state index in [0.29, 0.717) is 12.8 Å². The SMILES string of the molecule is CCCCCCCCCCCCCCCCCCCC(=O)N[C@@H](CO[C@@H]1O[C@H](CO)[C@@H](O[C@@H]2O[C@H](CO)[C@H](O)C(O)C2O)C(O)C1O)[C@H](O)CCCCCCCCCCC. The molecule has 2 rings (SSSR count). The van der Waals surface area contributed by atoms with Crippen LogP contribution in [0.25, 0.3) is 0 Å². The highest BCUT2D eigenvalue weighted by Crippen LogP contribution is 2.30. The predicted molar refractivity (Wildman–Crippen MR) is 231 cm³/mol. The standard InChI is InChI=1S/C46H89NO13/c1-3-5-7-9-11-13-14-15-16-17-18-19-20-22-24-26-28-30-38(51)47-34(35(50)29-27-25-23-21-12-10-8-6-4-2)33-57-45-43(56)41(54)44(37(32-49)59-45)60-46-42(55)40(53)39(52)36(31-48)58-46/h34-37,39-46,48-50,52-56H,3-33H2,1-2H3,(H,47,51)/t34-,35+,36+,37+,39-,40?,41?,42?,43?,44+,45+,46-/m0/s1. The van der Waals surface area contributed by atoms with E-state index in [4.69, 9.17) is 18.9 Å². The first-order valence-corrected chi connectivity index (χ1v) is 24.3. The Kier molecular flexibility index (Phi) is 31.6. The third kappa shape index (κ3) is 22.1. The Labute approximate surface area is 362 Å². The fourth-order valence-electron chi connectivity index (χ4n) is 8.30. The highest BCUT2D eigenvalue weighted by Gasteiger charge is 2.51. The summed E-state index contributed by atoms with van der Waals surface area (Å²) in [6.45, 7) is 2.82. The molecule has 14 heteroatoms. The molecule has 4 unspecified atom stereocenters. The van der Waals surface area contributed by atoms with Gasteiger partial charge in [0.15, 0.2) is 12.6 Å². The zero-order valence-corrected chi connectivity index (χ0v) is 37.5. The Bertz CT molecular complexity index is 1020. The first kappa shape index (κ1) is 55.1. The first-order chi connectivity index (χ1) is 29.1. The number of unbranched alkanes of at least 4 members (excludes halogenated alkanes) is 24. The van der Waals surface area contributed by atoms with Crippen LogP contribution < -0.4 is 5.32 Å². The Hall–Kier alpha value is -1.01. The van der Waals surface area contributed by atoms with Crippen LogP contribution in [0.1, 0.15) is 194 Å². The summed E-state index contributed by atoms with van der Waals surface area (Å²) in [5.74, 6) is -0.206. The Morgan fingerprint density at radius 2 is 0.950 bits per heavy atom. The zero-order valence-electron chi connectivity index (χ0n) is 37.5. The number of ether oxygens (including phenoxy) is 4. The third-order valence-electron chi connectivity index (χ3n) is 12.3. The number of hydrogen-bond acceptors (Lipinski definition) is 13. The number of aliphatic hydroxyl groups is 8. The molecular formula is C46H89NO13. The van der Waals surface area contributed by atoms with Crippen LogP contribution in [0.2, 0.25) is 0 Å². The lowest BCUT2D eigenvalue weighted by atomic mass is 9.97. The summed E-state index contributed by atoms with van der Waals surface area (Å²) in [4.78, 5) is 13.1. The quantitative estimate of drug-likeness (QED) is 0.0356. The van der Waals surface area contributed by atoms with Crippen molar-refractivity contribution >= 4 is 5.91 Å². The second kappa shape index (κ2) is 34.4. The monoisotopic (exact) mass is 864 g/mol. The molecule has 0 spiro atoms. The molecule has 2 saturated heterocycles. The molecule has 0 aliphatic carbocycles. The largest absolute Gasteiger partial charge is 0.394 e. The zero-order chi connectivity index (χ0) is 44.0. The van der Waals surface area contributed by atoms with Crippen LogP contribution in [0.3, 0.4) is 0 Å². The number of carbonyl (C=O) groups excluding carboxylic acids is 1. The molecule has 2 fully saturated rings. The van der Waals surface area contributed by atoms with Gasteiger partial charge >= 0.3 is 0 Å². The summed E-state index contributed by atoms with van der Waals surface area (Å²) in [6, 6.07) is -0.819. The van der Waals surface area contributed by atoms with Crippen LogP contribution in [-0.2, 0) is 23.7 Å². The van der Waals surface area contributed by atoms with E-state index in [2.05, 4.69) is 19.2 Å². The molecule has 0 aromatic carbocycles. The Balaban J connectivity index is 1.81. The van der Waals surface area contributed by atoms with Gasteiger partial charge < -0.3 is 65.1 Å². The second-order valence-corrected chi connectivity index (χ2v) is 17.6. The van der Waals surface area contributed by atoms with Gasteiger partial charge in [0, 0.05) is 6.42 Å². The van der Waals surface area contributed by atoms with Gasteiger partial charge in [-0.3, -0.25) is 4.79 Å². The van der Waals surface area contributed by atoms with Crippen LogP contribution >= 0.6 is 0 Å². The normalized spacial score (nSPS) is 28.2. The van der Waals surface area contributed by atoms with E-state index in [1.54, 1.807) is 0 Å². The van der Waals surface area contributed by atoms with Crippen molar-refractivity contribution in [2.75, 3.05) is 19.8 Å². The molecule has 2 heterocycles. The predicted octanol–water partition coefficient (Wildman–Crippen LogP) is 5.44. The van der Waals surface area contributed by atoms with E-state index >= 15 is 0 Å². The average molecular weight is 864 g/mol. The fraction of sp³-hybridized carbons (Fsp3) is 0.978. The molecule has 1 amide bonds. The minimum absolute atomic E-state index is 0.206. The van der Waals surface area contributed by atoms with E-state index in [1.165, 1.54) is 116 Å². The molecule has 9 N–H and O–H groups in total. The van der Waals surface area contributed by atoms with Gasteiger partial charge in [-0.1, -0.05) is 174 Å². The molecule has 2 aliphatic heterocycles. The van der Waals surface area contributed by atoms with Gasteiger partial charge in [-0.05, 0) is 12.8 Å². The van der Waals surface area contributed by atoms with Crippen molar-refractivity contribution in [3.05, 3.63) is 0 Å². The van der Waals surface area contributed by atoms with Crippen molar-refractivity contribution in [2.45, 2.75) is 267 Å². The minimum atomic E-state index is -1.78. The second-order valence-electron chi connectivity index (χ2n) is 17.6. The number of nitrogens with one attached hydrogen (secondary N) is 1. The number of hydrogen-bond donors (Lipinski definition) is 9. The van der Waals surface area contributed by atoms with E-state index < -0.39 is 86.8 Å². The van der Waals surface area contributed by atoms with Crippen molar-refractivity contribution in [3.8, 4) is 0 Å². The van der Waals surface area contributed by atoms with Gasteiger partial charge in [0.05, 0.1) is 32.0 Å². The summed E-state index contributed by atoms with van der Waals surface area (Å²) in [5, 5.41) is 86.6. The van der Waals surface area contributed by atoms with Gasteiger partial charge in [-0.25, -0.2) is 0 Å². The molecular weight excluding hydrogens is 774 g/mol. The van der Waals surface area contributed by atoms with Crippen molar-refractivity contribution in [2.24, 2.45) is 0 Å². The number of carbonyl (C=O) groups is 1. The lowest BCUT2D eigenvalue weighted by Gasteiger charge is -2.46. The topological polar surface area (TPSA) is 228 Å². The highest BCUT2D eigenvalue weighted by atomic mass is 16.7. The lowest BCUT2D eigenvalue weighted by molar-refractivity contribution is -0.359. The summed E-state index contributed by atoms with van der Waals surface area (Å²) in [7, 11) is 0. The molecule has 12 atom stereocenters. The molecule has 0 saturated carbocycles. The van der Waals surface area contributed by atoms with E-state index in [1.807, 2.05) is 0 Å². The molecule has 2 aliphatic rings. The molecule has 0 aromatic heterocycles. The smallest absolute Gasteiger partial charge is 0.220 e. The molecule has 356 valence electrons. The number of amides is 1. The maximum Gasteiger partial charge on any atom is 0.220 e. The van der Waals surface area contributed by atoms with E-state index in [9.17, 15) is 45.6 Å². The van der Waals surface area contributed by atoms with Gasteiger partial charge in [0.1, 0.15) is 48.8 Å². The van der Waals surface area contributed by atoms with Crippen LogP contribution in [0.15, 0.2) is 0 Å². The minimum Gasteiger partial charge on any atom is -0.394 e. The van der Waals surface area contributed by atoms with Gasteiger partial charge in [0.25, 0.3) is 0 Å². The van der Waals surface area contributed by atoms with Crippen LogP contribution in [0.4, 0.5) is 0 Å². The summed E-state index contributed by atoms with van der Waals surface area (Å²) in [5.41, 5.74) is 0. The molecule has 0 aromatic rings. The van der Waals surface area contributed by atoms with Gasteiger partial charge in [-0.2, -0.15) is 0 Å². The maximum atomic E-state index is 13.1. The summed E-state index contributed by atoms with van der Waals surface area (Å²) < 4.78 is 22.7. The number of rotatable bonds is 37. The van der Waals surface area contributed by atoms with Crippen LogP contribution in [0.5, 0.6) is 0 Å². The summed E-state index contributed by atoms with van der Waals surface area (Å²) >= 11 is 0. The number of aliphatic hydroxyl groups excluding tert-OH is 8. The van der Waals surface area contributed by atoms with Crippen molar-refractivity contribution in [3.63, 3.8) is 0 Å². The highest BCUT2D eigenvalue weighted by molar-refractivity contribution is 5.76. The van der Waals surface area contributed by atoms with Gasteiger partial charge in [-0.15, -0.1) is 0 Å². The Morgan fingerprint density at radius 3 is 1.42 bits per heavy atom. The van der Waals surface area contributed by atoms with Crippen molar-refractivity contribution in [1.82, 2.24) is 5.32 Å². The molecule has 0 radical (unpaired) electrons. The summed E-state index contributed by atoms with van der Waals surface area (Å²) in [6.07, 6.45) is 15.5. The van der Waals surface area contributed by atoms with E-state index in [-0.39, 0.29) is 12.5 Å². The van der Waals surface area contributed by atoms with Crippen molar-refractivity contribution in [1.29, 1.82) is 0 Å². The van der Waals surface area contributed by atoms with Gasteiger partial charge in [0.2, 0.25) is 5.91 Å². The maximum absolute atomic E-state index is 13.1. The molecule has 0 bridgehead atoms. The lowest BCUT2D eigenvalue weighted by Crippen LogP contribution is -2.65. The van der Waals surface area contributed by atoms with Crippen LogP contribution in [0, 0.1) is 0 Å². The first-order valence-electron chi connectivity index (χ1n) is 24.3. The fourth-order valence-corrected chi connectivity index (χ4v) is 8.30. The molecule has 60 heavy (non-hydrogen) atoms. The Morgan fingerprint density at radius 1 is 0.533 bits per heavy atom.